The minimum absolute atomic E-state index is 0.115. The van der Waals surface area contributed by atoms with Crippen molar-refractivity contribution < 1.29 is 4.79 Å². The second-order valence-corrected chi connectivity index (χ2v) is 5.62. The van der Waals surface area contributed by atoms with Crippen LogP contribution in [-0.4, -0.2) is 60.0 Å². The van der Waals surface area contributed by atoms with E-state index >= 15 is 0 Å². The molecule has 1 aromatic heterocycles. The first-order valence-corrected chi connectivity index (χ1v) is 7.85. The van der Waals surface area contributed by atoms with Crippen molar-refractivity contribution in [2.45, 2.75) is 26.2 Å². The molecule has 0 saturated carbocycles. The molecule has 5 nitrogen and oxygen atoms in total. The van der Waals surface area contributed by atoms with Crippen molar-refractivity contribution in [1.29, 1.82) is 0 Å². The molecule has 2 rings (SSSR count). The number of carbonyl (C=O) groups is 1. The minimum atomic E-state index is 0.115. The quantitative estimate of drug-likeness (QED) is 0.830. The van der Waals surface area contributed by atoms with Crippen molar-refractivity contribution in [2.24, 2.45) is 5.73 Å². The SMILES string of the molecule is Cc1ncccc1C(=O)N1CCCN(CCCCN)CC1. The van der Waals surface area contributed by atoms with Gasteiger partial charge in [0.1, 0.15) is 0 Å². The molecule has 0 bridgehead atoms. The van der Waals surface area contributed by atoms with E-state index in [0.29, 0.717) is 0 Å². The lowest BCUT2D eigenvalue weighted by molar-refractivity contribution is 0.0760. The first-order valence-electron chi connectivity index (χ1n) is 7.85. The van der Waals surface area contributed by atoms with Crippen LogP contribution in [0.4, 0.5) is 0 Å². The molecule has 1 fully saturated rings. The van der Waals surface area contributed by atoms with Crippen molar-refractivity contribution in [3.05, 3.63) is 29.6 Å². The molecule has 2 heterocycles. The first kappa shape index (κ1) is 15.9. The highest BCUT2D eigenvalue weighted by Crippen LogP contribution is 2.11. The van der Waals surface area contributed by atoms with Crippen LogP contribution in [0, 0.1) is 6.92 Å². The Balaban J connectivity index is 1.90. The third-order valence-corrected chi connectivity index (χ3v) is 4.04. The summed E-state index contributed by atoms with van der Waals surface area (Å²) in [6, 6.07) is 3.70. The van der Waals surface area contributed by atoms with E-state index in [9.17, 15) is 4.79 Å². The summed E-state index contributed by atoms with van der Waals surface area (Å²) in [7, 11) is 0. The maximum absolute atomic E-state index is 12.6. The lowest BCUT2D eigenvalue weighted by atomic mass is 10.2. The second-order valence-electron chi connectivity index (χ2n) is 5.62. The molecule has 1 aromatic rings. The average Bonchev–Trinajstić information content (AvgIpc) is 2.73. The number of amides is 1. The van der Waals surface area contributed by atoms with Gasteiger partial charge in [-0.25, -0.2) is 0 Å². The van der Waals surface area contributed by atoms with E-state index < -0.39 is 0 Å². The van der Waals surface area contributed by atoms with Crippen LogP contribution >= 0.6 is 0 Å². The zero-order chi connectivity index (χ0) is 15.1. The molecular formula is C16H26N4O. The maximum atomic E-state index is 12.6. The Morgan fingerprint density at radius 2 is 2.14 bits per heavy atom. The normalized spacial score (nSPS) is 16.8. The summed E-state index contributed by atoms with van der Waals surface area (Å²) in [5.41, 5.74) is 7.08. The van der Waals surface area contributed by atoms with Gasteiger partial charge in [0.15, 0.2) is 0 Å². The zero-order valence-corrected chi connectivity index (χ0v) is 12.9. The van der Waals surface area contributed by atoms with E-state index in [1.165, 1.54) is 0 Å². The largest absolute Gasteiger partial charge is 0.337 e. The number of nitrogens with two attached hydrogens (primary N) is 1. The molecule has 0 aliphatic carbocycles. The van der Waals surface area contributed by atoms with E-state index in [0.717, 1.165) is 69.8 Å². The number of unbranched alkanes of at least 4 members (excludes halogenated alkanes) is 1. The Bertz CT molecular complexity index is 463. The van der Waals surface area contributed by atoms with Crippen LogP contribution in [0.15, 0.2) is 18.3 Å². The van der Waals surface area contributed by atoms with Crippen molar-refractivity contribution in [2.75, 3.05) is 39.3 Å². The summed E-state index contributed by atoms with van der Waals surface area (Å²) in [6.45, 7) is 7.40. The van der Waals surface area contributed by atoms with Gasteiger partial charge in [-0.05, 0) is 58.0 Å². The number of hydrogen-bond donors (Lipinski definition) is 1. The summed E-state index contributed by atoms with van der Waals surface area (Å²) in [5, 5.41) is 0. The summed E-state index contributed by atoms with van der Waals surface area (Å²) >= 11 is 0. The van der Waals surface area contributed by atoms with Gasteiger partial charge in [0.25, 0.3) is 5.91 Å². The highest BCUT2D eigenvalue weighted by molar-refractivity contribution is 5.95. The average molecular weight is 290 g/mol. The van der Waals surface area contributed by atoms with Crippen LogP contribution in [0.25, 0.3) is 0 Å². The number of hydrogen-bond acceptors (Lipinski definition) is 4. The van der Waals surface area contributed by atoms with Crippen molar-refractivity contribution >= 4 is 5.91 Å². The lowest BCUT2D eigenvalue weighted by Crippen LogP contribution is -2.35. The number of carbonyl (C=O) groups excluding carboxylic acids is 1. The van der Waals surface area contributed by atoms with Gasteiger partial charge < -0.3 is 15.5 Å². The van der Waals surface area contributed by atoms with Gasteiger partial charge in [-0.2, -0.15) is 0 Å². The highest BCUT2D eigenvalue weighted by atomic mass is 16.2. The first-order chi connectivity index (χ1) is 10.2. The molecule has 21 heavy (non-hydrogen) atoms. The van der Waals surface area contributed by atoms with E-state index in [4.69, 9.17) is 5.73 Å². The van der Waals surface area contributed by atoms with Gasteiger partial charge in [0, 0.05) is 31.5 Å². The maximum Gasteiger partial charge on any atom is 0.255 e. The standard InChI is InChI=1S/C16H26N4O/c1-14-15(6-4-8-18-14)16(21)20-11-5-10-19(12-13-20)9-3-2-7-17/h4,6,8H,2-3,5,7,9-13,17H2,1H3. The molecule has 116 valence electrons. The smallest absolute Gasteiger partial charge is 0.255 e. The Kier molecular flexibility index (Phi) is 6.14. The fourth-order valence-corrected chi connectivity index (χ4v) is 2.76. The molecule has 0 radical (unpaired) electrons. The predicted octanol–water partition coefficient (Wildman–Crippen LogP) is 1.28. The topological polar surface area (TPSA) is 62.5 Å². The number of nitrogens with zero attached hydrogens (tertiary/aromatic N) is 3. The lowest BCUT2D eigenvalue weighted by Gasteiger charge is -2.22. The van der Waals surface area contributed by atoms with E-state index in [1.54, 1.807) is 6.20 Å². The fourth-order valence-electron chi connectivity index (χ4n) is 2.76. The molecule has 0 spiro atoms. The number of aromatic nitrogens is 1. The van der Waals surface area contributed by atoms with Crippen LogP contribution in [0.5, 0.6) is 0 Å². The second kappa shape index (κ2) is 8.10. The highest BCUT2D eigenvalue weighted by Gasteiger charge is 2.21. The van der Waals surface area contributed by atoms with Crippen LogP contribution < -0.4 is 5.73 Å². The predicted molar refractivity (Wildman–Crippen MR) is 84.2 cm³/mol. The summed E-state index contributed by atoms with van der Waals surface area (Å²) in [6.07, 6.45) is 4.99. The fraction of sp³-hybridized carbons (Fsp3) is 0.625. The molecule has 0 unspecified atom stereocenters. The van der Waals surface area contributed by atoms with E-state index in [2.05, 4.69) is 9.88 Å². The third kappa shape index (κ3) is 4.51. The Morgan fingerprint density at radius 3 is 2.90 bits per heavy atom. The third-order valence-electron chi connectivity index (χ3n) is 4.04. The molecular weight excluding hydrogens is 264 g/mol. The Hall–Kier alpha value is -1.46. The zero-order valence-electron chi connectivity index (χ0n) is 12.9. The van der Waals surface area contributed by atoms with Gasteiger partial charge in [-0.15, -0.1) is 0 Å². The summed E-state index contributed by atoms with van der Waals surface area (Å²) in [5.74, 6) is 0.115. The van der Waals surface area contributed by atoms with Gasteiger partial charge in [0.05, 0.1) is 5.56 Å². The Labute approximate surface area is 127 Å². The van der Waals surface area contributed by atoms with Crippen LogP contribution in [0.1, 0.15) is 35.3 Å². The molecule has 1 aliphatic rings. The molecule has 1 amide bonds. The minimum Gasteiger partial charge on any atom is -0.337 e. The van der Waals surface area contributed by atoms with E-state index in [1.807, 2.05) is 24.0 Å². The number of aryl methyl sites for hydroxylation is 1. The van der Waals surface area contributed by atoms with Gasteiger partial charge in [0.2, 0.25) is 0 Å². The van der Waals surface area contributed by atoms with Crippen LogP contribution in [0.3, 0.4) is 0 Å². The molecule has 0 aromatic carbocycles. The number of rotatable bonds is 5. The van der Waals surface area contributed by atoms with Crippen molar-refractivity contribution in [3.63, 3.8) is 0 Å². The van der Waals surface area contributed by atoms with E-state index in [-0.39, 0.29) is 5.91 Å². The summed E-state index contributed by atoms with van der Waals surface area (Å²) < 4.78 is 0. The van der Waals surface area contributed by atoms with Gasteiger partial charge in [-0.3, -0.25) is 9.78 Å². The van der Waals surface area contributed by atoms with Gasteiger partial charge in [-0.1, -0.05) is 0 Å². The number of pyridine rings is 1. The molecule has 1 saturated heterocycles. The van der Waals surface area contributed by atoms with Gasteiger partial charge >= 0.3 is 0 Å². The molecule has 5 heteroatoms. The summed E-state index contributed by atoms with van der Waals surface area (Å²) in [4.78, 5) is 21.2. The molecule has 2 N–H and O–H groups in total. The monoisotopic (exact) mass is 290 g/mol. The molecule has 1 aliphatic heterocycles. The Morgan fingerprint density at radius 1 is 1.29 bits per heavy atom. The molecule has 0 atom stereocenters. The van der Waals surface area contributed by atoms with Crippen molar-refractivity contribution in [3.8, 4) is 0 Å². The van der Waals surface area contributed by atoms with Crippen LogP contribution in [-0.2, 0) is 0 Å². The van der Waals surface area contributed by atoms with Crippen LogP contribution in [0.2, 0.25) is 0 Å². The van der Waals surface area contributed by atoms with Crippen molar-refractivity contribution in [1.82, 2.24) is 14.8 Å².